The first-order valence-electron chi connectivity index (χ1n) is 3.90. The number of nitrogens with zero attached hydrogens (tertiary/aromatic N) is 1. The fraction of sp³-hybridized carbons (Fsp3) is 0.375. The Balaban J connectivity index is 3.08. The van der Waals surface area contributed by atoms with Gasteiger partial charge in [-0.15, -0.1) is 0 Å². The molecule has 0 aliphatic heterocycles. The highest BCUT2D eigenvalue weighted by molar-refractivity contribution is 7.91. The lowest BCUT2D eigenvalue weighted by Crippen LogP contribution is -2.05. The van der Waals surface area contributed by atoms with Crippen molar-refractivity contribution in [2.24, 2.45) is 0 Å². The number of sulfone groups is 1. The van der Waals surface area contributed by atoms with Gasteiger partial charge in [-0.3, -0.25) is 0 Å². The first kappa shape index (κ1) is 10.5. The molecule has 1 heterocycles. The van der Waals surface area contributed by atoms with E-state index in [0.717, 1.165) is 0 Å². The first-order valence-corrected chi connectivity index (χ1v) is 5.93. The summed E-state index contributed by atoms with van der Waals surface area (Å²) in [5.41, 5.74) is 0. The maximum absolute atomic E-state index is 11.5. The van der Waals surface area contributed by atoms with Crippen LogP contribution in [0.15, 0.2) is 23.2 Å². The van der Waals surface area contributed by atoms with Crippen LogP contribution in [-0.4, -0.2) is 19.2 Å². The van der Waals surface area contributed by atoms with Crippen LogP contribution in [0.25, 0.3) is 0 Å². The van der Waals surface area contributed by atoms with E-state index in [2.05, 4.69) is 4.98 Å². The van der Waals surface area contributed by atoms with Crippen molar-refractivity contribution in [2.45, 2.75) is 18.2 Å². The molecule has 3 nitrogen and oxygen atoms in total. The summed E-state index contributed by atoms with van der Waals surface area (Å²) in [6.45, 7) is 1.82. The average Bonchev–Trinajstić information content (AvgIpc) is 2.04. The molecule has 0 fully saturated rings. The monoisotopic (exact) mass is 219 g/mol. The van der Waals surface area contributed by atoms with E-state index in [1.165, 1.54) is 18.3 Å². The second-order valence-corrected chi connectivity index (χ2v) is 5.13. The van der Waals surface area contributed by atoms with Crippen molar-refractivity contribution in [1.29, 1.82) is 0 Å². The third kappa shape index (κ3) is 2.67. The Morgan fingerprint density at radius 2 is 2.23 bits per heavy atom. The van der Waals surface area contributed by atoms with Gasteiger partial charge < -0.3 is 0 Å². The average molecular weight is 220 g/mol. The van der Waals surface area contributed by atoms with Crippen LogP contribution in [0.2, 0.25) is 5.15 Å². The maximum atomic E-state index is 11.5. The van der Waals surface area contributed by atoms with Gasteiger partial charge in [0.2, 0.25) is 0 Å². The topological polar surface area (TPSA) is 47.0 Å². The highest BCUT2D eigenvalue weighted by Gasteiger charge is 2.12. The Hall–Kier alpha value is -0.610. The van der Waals surface area contributed by atoms with Gasteiger partial charge >= 0.3 is 0 Å². The highest BCUT2D eigenvalue weighted by atomic mass is 35.5. The lowest BCUT2D eigenvalue weighted by Gasteiger charge is -2.01. The first-order chi connectivity index (χ1) is 6.06. The minimum Gasteiger partial charge on any atom is -0.244 e. The van der Waals surface area contributed by atoms with Crippen molar-refractivity contribution in [2.75, 3.05) is 5.75 Å². The molecule has 0 radical (unpaired) electrons. The number of aromatic nitrogens is 1. The van der Waals surface area contributed by atoms with Gasteiger partial charge in [0.15, 0.2) is 9.84 Å². The summed E-state index contributed by atoms with van der Waals surface area (Å²) < 4.78 is 23.0. The third-order valence-electron chi connectivity index (χ3n) is 1.53. The number of hydrogen-bond donors (Lipinski definition) is 0. The van der Waals surface area contributed by atoms with Crippen molar-refractivity contribution >= 4 is 21.4 Å². The molecule has 13 heavy (non-hydrogen) atoms. The van der Waals surface area contributed by atoms with Crippen LogP contribution in [0.3, 0.4) is 0 Å². The lowest BCUT2D eigenvalue weighted by atomic mass is 10.5. The quantitative estimate of drug-likeness (QED) is 0.730. The number of rotatable bonds is 3. The molecule has 0 bridgehead atoms. The van der Waals surface area contributed by atoms with E-state index in [9.17, 15) is 8.42 Å². The Kier molecular flexibility index (Phi) is 3.27. The van der Waals surface area contributed by atoms with Gasteiger partial charge in [0, 0.05) is 6.20 Å². The summed E-state index contributed by atoms with van der Waals surface area (Å²) in [6, 6.07) is 2.82. The summed E-state index contributed by atoms with van der Waals surface area (Å²) in [5, 5.41) is 0.206. The van der Waals surface area contributed by atoms with E-state index in [4.69, 9.17) is 11.6 Å². The van der Waals surface area contributed by atoms with Gasteiger partial charge in [0.05, 0.1) is 10.6 Å². The molecule has 1 rings (SSSR count). The molecule has 0 atom stereocenters. The molecule has 1 aromatic heterocycles. The molecule has 5 heteroatoms. The number of pyridine rings is 1. The van der Waals surface area contributed by atoms with Crippen molar-refractivity contribution in [3.63, 3.8) is 0 Å². The normalized spacial score (nSPS) is 11.5. The van der Waals surface area contributed by atoms with Crippen molar-refractivity contribution in [3.8, 4) is 0 Å². The smallest absolute Gasteiger partial charge is 0.178 e. The summed E-state index contributed by atoms with van der Waals surface area (Å²) in [7, 11) is -3.16. The SMILES string of the molecule is CCCS(=O)(=O)c1ccnc(Cl)c1. The zero-order valence-electron chi connectivity index (χ0n) is 7.20. The Morgan fingerprint density at radius 1 is 1.54 bits per heavy atom. The molecule has 0 saturated carbocycles. The molecule has 0 aliphatic rings. The molecule has 0 aromatic carbocycles. The molecule has 72 valence electrons. The van der Waals surface area contributed by atoms with Crippen LogP contribution < -0.4 is 0 Å². The molecule has 0 spiro atoms. The molecule has 0 amide bonds. The molecule has 0 aliphatic carbocycles. The molecule has 0 unspecified atom stereocenters. The summed E-state index contributed by atoms with van der Waals surface area (Å²) in [4.78, 5) is 3.96. The van der Waals surface area contributed by atoms with Crippen LogP contribution >= 0.6 is 11.6 Å². The van der Waals surface area contributed by atoms with Gasteiger partial charge in [-0.25, -0.2) is 13.4 Å². The lowest BCUT2D eigenvalue weighted by molar-refractivity contribution is 0.594. The van der Waals surface area contributed by atoms with Crippen molar-refractivity contribution < 1.29 is 8.42 Å². The fourth-order valence-electron chi connectivity index (χ4n) is 0.965. The maximum Gasteiger partial charge on any atom is 0.178 e. The number of hydrogen-bond acceptors (Lipinski definition) is 3. The van der Waals surface area contributed by atoms with Crippen LogP contribution in [0.4, 0.5) is 0 Å². The zero-order valence-corrected chi connectivity index (χ0v) is 8.77. The van der Waals surface area contributed by atoms with E-state index < -0.39 is 9.84 Å². The van der Waals surface area contributed by atoms with Gasteiger partial charge in [-0.1, -0.05) is 18.5 Å². The molecule has 0 saturated heterocycles. The second kappa shape index (κ2) is 4.07. The van der Waals surface area contributed by atoms with Crippen LogP contribution in [0, 0.1) is 0 Å². The van der Waals surface area contributed by atoms with E-state index >= 15 is 0 Å². The minimum absolute atomic E-state index is 0.146. The van der Waals surface area contributed by atoms with E-state index in [0.29, 0.717) is 6.42 Å². The van der Waals surface area contributed by atoms with Crippen molar-refractivity contribution in [1.82, 2.24) is 4.98 Å². The zero-order chi connectivity index (χ0) is 9.90. The fourth-order valence-corrected chi connectivity index (χ4v) is 2.54. The van der Waals surface area contributed by atoms with Crippen molar-refractivity contribution in [3.05, 3.63) is 23.5 Å². The Labute approximate surface area is 82.7 Å². The second-order valence-electron chi connectivity index (χ2n) is 2.63. The van der Waals surface area contributed by atoms with E-state index in [-0.39, 0.29) is 15.8 Å². The molecule has 1 aromatic rings. The summed E-state index contributed by atoms with van der Waals surface area (Å²) >= 11 is 5.58. The molecule has 0 N–H and O–H groups in total. The van der Waals surface area contributed by atoms with Crippen LogP contribution in [-0.2, 0) is 9.84 Å². The van der Waals surface area contributed by atoms with Crippen LogP contribution in [0.1, 0.15) is 13.3 Å². The van der Waals surface area contributed by atoms with E-state index in [1.54, 1.807) is 0 Å². The summed E-state index contributed by atoms with van der Waals surface area (Å²) in [5.74, 6) is 0.146. The highest BCUT2D eigenvalue weighted by Crippen LogP contribution is 2.14. The van der Waals surface area contributed by atoms with Gasteiger partial charge in [-0.05, 0) is 18.6 Å². The summed E-state index contributed by atoms with van der Waals surface area (Å²) in [6.07, 6.45) is 1.99. The standard InChI is InChI=1S/C8H10ClNO2S/c1-2-5-13(11,12)7-3-4-10-8(9)6-7/h3-4,6H,2,5H2,1H3. The Morgan fingerprint density at radius 3 is 2.77 bits per heavy atom. The number of halogens is 1. The molecular weight excluding hydrogens is 210 g/mol. The minimum atomic E-state index is -3.16. The van der Waals surface area contributed by atoms with Gasteiger partial charge in [-0.2, -0.15) is 0 Å². The van der Waals surface area contributed by atoms with E-state index in [1.807, 2.05) is 6.92 Å². The predicted octanol–water partition coefficient (Wildman–Crippen LogP) is 1.92. The molecular formula is C8H10ClNO2S. The van der Waals surface area contributed by atoms with Gasteiger partial charge in [0.1, 0.15) is 5.15 Å². The Bertz CT molecular complexity index is 389. The predicted molar refractivity (Wildman–Crippen MR) is 51.6 cm³/mol. The largest absolute Gasteiger partial charge is 0.244 e. The third-order valence-corrected chi connectivity index (χ3v) is 3.65. The van der Waals surface area contributed by atoms with Crippen LogP contribution in [0.5, 0.6) is 0 Å². The van der Waals surface area contributed by atoms with Gasteiger partial charge in [0.25, 0.3) is 0 Å².